The highest BCUT2D eigenvalue weighted by molar-refractivity contribution is 5.97. The molecule has 9 heteroatoms. The van der Waals surface area contributed by atoms with E-state index in [-0.39, 0.29) is 17.8 Å². The third-order valence-corrected chi connectivity index (χ3v) is 4.00. The molecule has 0 bridgehead atoms. The van der Waals surface area contributed by atoms with Crippen LogP contribution in [0.2, 0.25) is 0 Å². The smallest absolute Gasteiger partial charge is 0.410 e. The number of ether oxygens (including phenoxy) is 1. The number of halogens is 3. The minimum atomic E-state index is -4.51. The number of benzene rings is 1. The van der Waals surface area contributed by atoms with E-state index >= 15 is 0 Å². The molecule has 2 atom stereocenters. The molecule has 0 aliphatic carbocycles. The molecular weight excluding hydrogens is 325 g/mol. The molecular formula is C15H15F3N4O2. The summed E-state index contributed by atoms with van der Waals surface area (Å²) >= 11 is 0. The lowest BCUT2D eigenvalue weighted by atomic mass is 9.96. The Labute approximate surface area is 135 Å². The Morgan fingerprint density at radius 2 is 2.21 bits per heavy atom. The van der Waals surface area contributed by atoms with E-state index in [1.54, 1.807) is 24.3 Å². The van der Waals surface area contributed by atoms with Crippen LogP contribution in [-0.2, 0) is 0 Å². The number of hydrogen-bond acceptors (Lipinski definition) is 4. The van der Waals surface area contributed by atoms with Gasteiger partial charge in [0.25, 0.3) is 5.91 Å². The van der Waals surface area contributed by atoms with Gasteiger partial charge in [0.15, 0.2) is 6.04 Å². The molecule has 1 aliphatic heterocycles. The molecule has 1 aromatic carbocycles. The molecule has 0 spiro atoms. The number of aromatic nitrogens is 2. The van der Waals surface area contributed by atoms with Gasteiger partial charge in [0, 0.05) is 6.42 Å². The lowest BCUT2D eigenvalue weighted by Crippen LogP contribution is -2.36. The molecule has 1 aromatic heterocycles. The lowest BCUT2D eigenvalue weighted by molar-refractivity contribution is -0.173. The average molecular weight is 340 g/mol. The van der Waals surface area contributed by atoms with Crippen LogP contribution < -0.4 is 15.8 Å². The summed E-state index contributed by atoms with van der Waals surface area (Å²) in [6.07, 6.45) is -3.71. The monoisotopic (exact) mass is 340 g/mol. The fraction of sp³-hybridized carbons (Fsp3) is 0.333. The molecule has 0 radical (unpaired) electrons. The number of nitrogens with two attached hydrogens (primary N) is 1. The Balaban J connectivity index is 2.05. The fourth-order valence-corrected chi connectivity index (χ4v) is 2.82. The molecule has 6 nitrogen and oxygen atoms in total. The van der Waals surface area contributed by atoms with Gasteiger partial charge in [-0.05, 0) is 17.7 Å². The summed E-state index contributed by atoms with van der Waals surface area (Å²) in [4.78, 5) is 11.5. The topological polar surface area (TPSA) is 82.2 Å². The summed E-state index contributed by atoms with van der Waals surface area (Å²) in [6.45, 7) is 0. The van der Waals surface area contributed by atoms with Crippen LogP contribution in [0.4, 0.5) is 19.0 Å². The molecule has 0 fully saturated rings. The van der Waals surface area contributed by atoms with Gasteiger partial charge in [-0.2, -0.15) is 18.3 Å². The maximum absolute atomic E-state index is 13.4. The Kier molecular flexibility index (Phi) is 3.86. The number of carbonyl (C=O) groups is 1. The molecule has 0 saturated heterocycles. The van der Waals surface area contributed by atoms with E-state index in [4.69, 9.17) is 10.5 Å². The summed E-state index contributed by atoms with van der Waals surface area (Å²) < 4.78 is 46.2. The zero-order valence-electron chi connectivity index (χ0n) is 12.7. The predicted molar refractivity (Wildman–Crippen MR) is 79.8 cm³/mol. The second-order valence-electron chi connectivity index (χ2n) is 5.48. The second-order valence-corrected chi connectivity index (χ2v) is 5.48. The van der Waals surface area contributed by atoms with E-state index in [2.05, 4.69) is 10.4 Å². The predicted octanol–water partition coefficient (Wildman–Crippen LogP) is 2.65. The van der Waals surface area contributed by atoms with Crippen molar-refractivity contribution in [2.45, 2.75) is 24.7 Å². The number of rotatable bonds is 3. The number of amides is 1. The number of nitrogens with one attached hydrogen (secondary N) is 1. The first-order valence-corrected chi connectivity index (χ1v) is 7.15. The molecule has 1 amide bonds. The summed E-state index contributed by atoms with van der Waals surface area (Å²) in [7, 11) is 1.48. The molecule has 3 rings (SSSR count). The van der Waals surface area contributed by atoms with Crippen LogP contribution in [0.1, 0.15) is 34.4 Å². The Morgan fingerprint density at radius 1 is 1.46 bits per heavy atom. The highest BCUT2D eigenvalue weighted by Crippen LogP contribution is 2.44. The summed E-state index contributed by atoms with van der Waals surface area (Å²) in [6, 6.07) is 4.24. The van der Waals surface area contributed by atoms with Crippen LogP contribution in [0.15, 0.2) is 30.5 Å². The molecule has 2 aromatic rings. The van der Waals surface area contributed by atoms with Crippen molar-refractivity contribution in [1.29, 1.82) is 0 Å². The first-order chi connectivity index (χ1) is 11.3. The largest absolute Gasteiger partial charge is 0.497 e. The fourth-order valence-electron chi connectivity index (χ4n) is 2.82. The second kappa shape index (κ2) is 5.73. The van der Waals surface area contributed by atoms with Crippen LogP contribution in [0.5, 0.6) is 5.75 Å². The maximum Gasteiger partial charge on any atom is 0.410 e. The van der Waals surface area contributed by atoms with Crippen molar-refractivity contribution >= 4 is 11.7 Å². The number of anilines is 1. The molecule has 0 saturated carbocycles. The van der Waals surface area contributed by atoms with Crippen LogP contribution in [0.25, 0.3) is 0 Å². The quantitative estimate of drug-likeness (QED) is 0.900. The summed E-state index contributed by atoms with van der Waals surface area (Å²) in [5.74, 6) is -0.327. The zero-order valence-corrected chi connectivity index (χ0v) is 12.7. The third-order valence-electron chi connectivity index (χ3n) is 4.00. The molecule has 2 unspecified atom stereocenters. The number of carbonyl (C=O) groups excluding carboxylic acids is 1. The average Bonchev–Trinajstić information content (AvgIpc) is 2.97. The van der Waals surface area contributed by atoms with E-state index in [0.29, 0.717) is 11.3 Å². The number of fused-ring (bicyclic) bond motifs is 1. The van der Waals surface area contributed by atoms with Crippen molar-refractivity contribution in [3.63, 3.8) is 0 Å². The van der Waals surface area contributed by atoms with Gasteiger partial charge in [-0.25, -0.2) is 4.68 Å². The molecule has 2 heterocycles. The standard InChI is InChI=1S/C15H15F3N4O2/c1-24-9-4-2-3-8(5-9)11-6-12(15(16,17)18)22-14(21-11)10(7-20-22)13(19)23/h2-5,7,11-12,21H,6H2,1H3,(H2,19,23). The van der Waals surface area contributed by atoms with Crippen molar-refractivity contribution in [3.05, 3.63) is 41.6 Å². The van der Waals surface area contributed by atoms with E-state index in [0.717, 1.165) is 10.9 Å². The minimum Gasteiger partial charge on any atom is -0.497 e. The highest BCUT2D eigenvalue weighted by Gasteiger charge is 2.47. The minimum absolute atomic E-state index is 0.0242. The Bertz CT molecular complexity index is 772. The van der Waals surface area contributed by atoms with Gasteiger partial charge in [-0.1, -0.05) is 12.1 Å². The summed E-state index contributed by atoms with van der Waals surface area (Å²) in [5.41, 5.74) is 5.78. The van der Waals surface area contributed by atoms with Gasteiger partial charge >= 0.3 is 6.18 Å². The van der Waals surface area contributed by atoms with Gasteiger partial charge in [-0.3, -0.25) is 4.79 Å². The van der Waals surface area contributed by atoms with Crippen molar-refractivity contribution in [2.75, 3.05) is 12.4 Å². The van der Waals surface area contributed by atoms with E-state index in [9.17, 15) is 18.0 Å². The van der Waals surface area contributed by atoms with E-state index in [1.165, 1.54) is 7.11 Å². The maximum atomic E-state index is 13.4. The van der Waals surface area contributed by atoms with Crippen LogP contribution >= 0.6 is 0 Å². The van der Waals surface area contributed by atoms with Crippen molar-refractivity contribution in [1.82, 2.24) is 9.78 Å². The number of alkyl halides is 3. The molecule has 3 N–H and O–H groups in total. The third kappa shape index (κ3) is 2.77. The lowest BCUT2D eigenvalue weighted by Gasteiger charge is -2.34. The number of hydrogen-bond donors (Lipinski definition) is 2. The number of methoxy groups -OCH3 is 1. The first-order valence-electron chi connectivity index (χ1n) is 7.15. The van der Waals surface area contributed by atoms with Gasteiger partial charge in [-0.15, -0.1) is 0 Å². The number of nitrogens with zero attached hydrogens (tertiary/aromatic N) is 2. The zero-order chi connectivity index (χ0) is 17.5. The van der Waals surface area contributed by atoms with Crippen molar-refractivity contribution < 1.29 is 22.7 Å². The first kappa shape index (κ1) is 16.2. The molecule has 24 heavy (non-hydrogen) atoms. The van der Waals surface area contributed by atoms with E-state index in [1.807, 2.05) is 0 Å². The van der Waals surface area contributed by atoms with Gasteiger partial charge < -0.3 is 15.8 Å². The Hall–Kier alpha value is -2.71. The highest BCUT2D eigenvalue weighted by atomic mass is 19.4. The molecule has 1 aliphatic rings. The van der Waals surface area contributed by atoms with Gasteiger partial charge in [0.1, 0.15) is 17.1 Å². The van der Waals surface area contributed by atoms with Crippen LogP contribution in [-0.4, -0.2) is 29.0 Å². The summed E-state index contributed by atoms with van der Waals surface area (Å²) in [5, 5.41) is 6.64. The number of primary amides is 1. The molecule has 128 valence electrons. The van der Waals surface area contributed by atoms with Gasteiger partial charge in [0.05, 0.1) is 19.3 Å². The van der Waals surface area contributed by atoms with Crippen LogP contribution in [0, 0.1) is 0 Å². The van der Waals surface area contributed by atoms with Crippen molar-refractivity contribution in [2.24, 2.45) is 5.73 Å². The normalized spacial score (nSPS) is 20.2. The Morgan fingerprint density at radius 3 is 2.83 bits per heavy atom. The van der Waals surface area contributed by atoms with Crippen molar-refractivity contribution in [3.8, 4) is 5.75 Å². The SMILES string of the molecule is COc1cccc(C2CC(C(F)(F)F)n3ncc(C(N)=O)c3N2)c1. The van der Waals surface area contributed by atoms with E-state index < -0.39 is 24.2 Å². The van der Waals surface area contributed by atoms with Crippen LogP contribution in [0.3, 0.4) is 0 Å². The van der Waals surface area contributed by atoms with Gasteiger partial charge in [0.2, 0.25) is 0 Å².